The van der Waals surface area contributed by atoms with Crippen LogP contribution in [-0.2, 0) is 0 Å². The highest BCUT2D eigenvalue weighted by Crippen LogP contribution is 2.29. The maximum absolute atomic E-state index is 9.52. The largest absolute Gasteiger partial charge is 0.508 e. The molecule has 0 aliphatic heterocycles. The number of thiocarbonyl (C=S) groups is 1. The van der Waals surface area contributed by atoms with Gasteiger partial charge in [-0.3, -0.25) is 4.90 Å². The van der Waals surface area contributed by atoms with Crippen LogP contribution < -0.4 is 10.2 Å². The lowest BCUT2D eigenvalue weighted by Crippen LogP contribution is -2.30. The minimum Gasteiger partial charge on any atom is -0.508 e. The van der Waals surface area contributed by atoms with Crippen molar-refractivity contribution in [2.45, 2.75) is 0 Å². The molecule has 0 amide bonds. The fourth-order valence-corrected chi connectivity index (χ4v) is 2.62. The molecule has 120 valence electrons. The molecule has 24 heavy (non-hydrogen) atoms. The van der Waals surface area contributed by atoms with Gasteiger partial charge in [0, 0.05) is 17.1 Å². The number of para-hydroxylation sites is 1. The number of benzene rings is 3. The Balaban J connectivity index is 1.96. The Labute approximate surface area is 145 Å². The van der Waals surface area contributed by atoms with Crippen LogP contribution in [0.15, 0.2) is 78.9 Å². The van der Waals surface area contributed by atoms with Crippen LogP contribution in [0, 0.1) is 0 Å². The molecule has 0 atom stereocenters. The summed E-state index contributed by atoms with van der Waals surface area (Å²) in [5.74, 6) is 0.373. The molecule has 0 aliphatic carbocycles. The molecule has 0 unspecified atom stereocenters. The normalized spacial score (nSPS) is 10.2. The van der Waals surface area contributed by atoms with Crippen molar-refractivity contribution in [2.75, 3.05) is 10.2 Å². The molecule has 3 aromatic rings. The Morgan fingerprint density at radius 1 is 0.708 bits per heavy atom. The fourth-order valence-electron chi connectivity index (χ4n) is 2.29. The molecule has 0 fully saturated rings. The van der Waals surface area contributed by atoms with Crippen LogP contribution in [0.5, 0.6) is 11.5 Å². The van der Waals surface area contributed by atoms with Crippen LogP contribution in [0.25, 0.3) is 0 Å². The maximum atomic E-state index is 9.52. The summed E-state index contributed by atoms with van der Waals surface area (Å²) < 4.78 is 0. The highest BCUT2D eigenvalue weighted by atomic mass is 32.1. The lowest BCUT2D eigenvalue weighted by Gasteiger charge is -2.26. The van der Waals surface area contributed by atoms with Gasteiger partial charge >= 0.3 is 0 Å². The van der Waals surface area contributed by atoms with Crippen LogP contribution in [0.1, 0.15) is 0 Å². The lowest BCUT2D eigenvalue weighted by atomic mass is 10.2. The molecule has 0 aromatic heterocycles. The van der Waals surface area contributed by atoms with E-state index in [-0.39, 0.29) is 11.5 Å². The standard InChI is InChI=1S/C19H16N2O2S/c22-17-10-6-15(7-11-17)21(16-8-12-18(23)13-9-16)19(24)20-14-4-2-1-3-5-14/h1-13,22-23H,(H,20,24). The molecule has 0 heterocycles. The zero-order chi connectivity index (χ0) is 16.9. The zero-order valence-electron chi connectivity index (χ0n) is 12.8. The number of hydrogen-bond acceptors (Lipinski definition) is 3. The van der Waals surface area contributed by atoms with E-state index in [1.807, 2.05) is 35.2 Å². The number of aromatic hydroxyl groups is 2. The van der Waals surface area contributed by atoms with Gasteiger partial charge in [0.05, 0.1) is 0 Å². The first kappa shape index (κ1) is 15.8. The van der Waals surface area contributed by atoms with E-state index in [1.165, 1.54) is 0 Å². The van der Waals surface area contributed by atoms with Gasteiger partial charge in [0.25, 0.3) is 0 Å². The molecule has 3 rings (SSSR count). The Bertz CT molecular complexity index is 773. The summed E-state index contributed by atoms with van der Waals surface area (Å²) in [6.45, 7) is 0. The summed E-state index contributed by atoms with van der Waals surface area (Å²) in [6.07, 6.45) is 0. The third kappa shape index (κ3) is 3.64. The lowest BCUT2D eigenvalue weighted by molar-refractivity contribution is 0.475. The molecule has 0 aliphatic rings. The van der Waals surface area contributed by atoms with E-state index in [0.29, 0.717) is 5.11 Å². The second-order valence-electron chi connectivity index (χ2n) is 5.16. The third-order valence-electron chi connectivity index (χ3n) is 3.44. The highest BCUT2D eigenvalue weighted by molar-refractivity contribution is 7.80. The van der Waals surface area contributed by atoms with E-state index in [1.54, 1.807) is 48.5 Å². The van der Waals surface area contributed by atoms with Crippen molar-refractivity contribution >= 4 is 34.4 Å². The molecule has 0 bridgehead atoms. The van der Waals surface area contributed by atoms with E-state index in [9.17, 15) is 10.2 Å². The summed E-state index contributed by atoms with van der Waals surface area (Å²) in [6, 6.07) is 23.2. The van der Waals surface area contributed by atoms with E-state index in [2.05, 4.69) is 5.32 Å². The number of phenolic OH excluding ortho intramolecular Hbond substituents is 2. The minimum absolute atomic E-state index is 0.186. The smallest absolute Gasteiger partial charge is 0.182 e. The molecule has 3 N–H and O–H groups in total. The number of phenols is 2. The molecule has 5 heteroatoms. The van der Waals surface area contributed by atoms with Crippen molar-refractivity contribution < 1.29 is 10.2 Å². The Kier molecular flexibility index (Phi) is 4.63. The molecular formula is C19H16N2O2S. The first-order valence-electron chi connectivity index (χ1n) is 7.38. The van der Waals surface area contributed by atoms with E-state index < -0.39 is 0 Å². The van der Waals surface area contributed by atoms with Gasteiger partial charge in [0.15, 0.2) is 5.11 Å². The molecule has 3 aromatic carbocycles. The summed E-state index contributed by atoms with van der Waals surface area (Å²) in [5.41, 5.74) is 2.48. The van der Waals surface area contributed by atoms with Crippen molar-refractivity contribution in [1.82, 2.24) is 0 Å². The average Bonchev–Trinajstić information content (AvgIpc) is 2.59. The first-order valence-corrected chi connectivity index (χ1v) is 7.78. The van der Waals surface area contributed by atoms with Gasteiger partial charge in [-0.25, -0.2) is 0 Å². The van der Waals surface area contributed by atoms with Gasteiger partial charge in [-0.1, -0.05) is 18.2 Å². The second kappa shape index (κ2) is 7.02. The highest BCUT2D eigenvalue weighted by Gasteiger charge is 2.15. The van der Waals surface area contributed by atoms with Crippen LogP contribution >= 0.6 is 12.2 Å². The topological polar surface area (TPSA) is 55.7 Å². The van der Waals surface area contributed by atoms with Crippen LogP contribution in [0.2, 0.25) is 0 Å². The fraction of sp³-hybridized carbons (Fsp3) is 0. The van der Waals surface area contributed by atoms with Gasteiger partial charge in [0.1, 0.15) is 11.5 Å². The summed E-state index contributed by atoms with van der Waals surface area (Å²) in [7, 11) is 0. The second-order valence-corrected chi connectivity index (χ2v) is 5.55. The van der Waals surface area contributed by atoms with Crippen molar-refractivity contribution in [2.24, 2.45) is 0 Å². The van der Waals surface area contributed by atoms with Gasteiger partial charge in [-0.15, -0.1) is 0 Å². The van der Waals surface area contributed by atoms with Crippen LogP contribution in [0.4, 0.5) is 17.1 Å². The van der Waals surface area contributed by atoms with Gasteiger partial charge in [-0.2, -0.15) is 0 Å². The van der Waals surface area contributed by atoms with E-state index in [0.717, 1.165) is 17.1 Å². The minimum atomic E-state index is 0.186. The van der Waals surface area contributed by atoms with Crippen molar-refractivity contribution in [1.29, 1.82) is 0 Å². The maximum Gasteiger partial charge on any atom is 0.182 e. The number of rotatable bonds is 3. The molecular weight excluding hydrogens is 320 g/mol. The number of hydrogen-bond donors (Lipinski definition) is 3. The van der Waals surface area contributed by atoms with Gasteiger partial charge in [0.2, 0.25) is 0 Å². The monoisotopic (exact) mass is 336 g/mol. The average molecular weight is 336 g/mol. The quantitative estimate of drug-likeness (QED) is 0.609. The molecule has 0 spiro atoms. The Morgan fingerprint density at radius 3 is 1.62 bits per heavy atom. The third-order valence-corrected chi connectivity index (χ3v) is 3.73. The van der Waals surface area contributed by atoms with Gasteiger partial charge in [-0.05, 0) is 72.9 Å². The Hall–Kier alpha value is -3.05. The molecule has 0 saturated heterocycles. The summed E-state index contributed by atoms with van der Waals surface area (Å²) in [4.78, 5) is 1.83. The predicted octanol–water partition coefficient (Wildman–Crippen LogP) is 4.63. The molecule has 0 saturated carbocycles. The van der Waals surface area contributed by atoms with Crippen LogP contribution in [-0.4, -0.2) is 15.3 Å². The number of nitrogens with one attached hydrogen (secondary N) is 1. The first-order chi connectivity index (χ1) is 11.6. The summed E-state index contributed by atoms with van der Waals surface area (Å²) >= 11 is 5.58. The number of nitrogens with zero attached hydrogens (tertiary/aromatic N) is 1. The SMILES string of the molecule is Oc1ccc(N(C(=S)Nc2ccccc2)c2ccc(O)cc2)cc1. The van der Waals surface area contributed by atoms with E-state index in [4.69, 9.17) is 12.2 Å². The van der Waals surface area contributed by atoms with Gasteiger partial charge < -0.3 is 15.5 Å². The summed E-state index contributed by atoms with van der Waals surface area (Å²) in [5, 5.41) is 22.7. The predicted molar refractivity (Wildman–Crippen MR) is 101 cm³/mol. The van der Waals surface area contributed by atoms with Crippen molar-refractivity contribution in [3.8, 4) is 11.5 Å². The van der Waals surface area contributed by atoms with Crippen LogP contribution in [0.3, 0.4) is 0 Å². The van der Waals surface area contributed by atoms with Crippen molar-refractivity contribution in [3.05, 3.63) is 78.9 Å². The molecule has 4 nitrogen and oxygen atoms in total. The molecule has 0 radical (unpaired) electrons. The van der Waals surface area contributed by atoms with Crippen molar-refractivity contribution in [3.63, 3.8) is 0 Å². The zero-order valence-corrected chi connectivity index (χ0v) is 13.6. The Morgan fingerprint density at radius 2 is 1.17 bits per heavy atom. The van der Waals surface area contributed by atoms with E-state index >= 15 is 0 Å². The number of anilines is 3.